The predicted octanol–water partition coefficient (Wildman–Crippen LogP) is 12.2. The molecule has 0 aliphatic heterocycles. The fourth-order valence-corrected chi connectivity index (χ4v) is 8.83. The maximum absolute atomic E-state index is 6.61. The average molecular weight is 671 g/mol. The molecule has 0 saturated carbocycles. The predicted molar refractivity (Wildman–Crippen MR) is 211 cm³/mol. The summed E-state index contributed by atoms with van der Waals surface area (Å²) in [6.45, 7) is 0. The summed E-state index contributed by atoms with van der Waals surface area (Å²) in [6.07, 6.45) is 0. The van der Waals surface area contributed by atoms with Crippen LogP contribution in [0.3, 0.4) is 0 Å². The highest BCUT2D eigenvalue weighted by Gasteiger charge is 2.21. The maximum Gasteiger partial charge on any atom is 0.238 e. The number of fused-ring (bicyclic) bond motifs is 9. The molecule has 0 fully saturated rings. The summed E-state index contributed by atoms with van der Waals surface area (Å²) in [5, 5.41) is 6.89. The molecule has 0 N–H and O–H groups in total. The van der Waals surface area contributed by atoms with E-state index in [0.717, 1.165) is 60.4 Å². The van der Waals surface area contributed by atoms with E-state index in [1.807, 2.05) is 53.8 Å². The minimum atomic E-state index is 0.569. The zero-order valence-electron chi connectivity index (χ0n) is 27.1. The van der Waals surface area contributed by atoms with E-state index in [9.17, 15) is 0 Å². The lowest BCUT2D eigenvalue weighted by Gasteiger charge is -2.11. The maximum atomic E-state index is 6.61. The Balaban J connectivity index is 1.14. The molecule has 4 aromatic heterocycles. The Bertz CT molecular complexity index is 3100. The summed E-state index contributed by atoms with van der Waals surface area (Å²) in [7, 11) is 0. The Morgan fingerprint density at radius 2 is 1.12 bits per heavy atom. The summed E-state index contributed by atoms with van der Waals surface area (Å²) in [4.78, 5) is 15.5. The van der Waals surface area contributed by atoms with Gasteiger partial charge in [0.1, 0.15) is 11.2 Å². The first-order valence-corrected chi connectivity index (χ1v) is 17.8. The van der Waals surface area contributed by atoms with Crippen LogP contribution in [0.25, 0.3) is 104 Å². The molecule has 0 atom stereocenters. The van der Waals surface area contributed by atoms with Crippen LogP contribution in [-0.2, 0) is 0 Å². The summed E-state index contributed by atoms with van der Waals surface area (Å²) >= 11 is 1.84. The summed E-state index contributed by atoms with van der Waals surface area (Å²) in [5.41, 5.74) is 7.86. The van der Waals surface area contributed by atoms with Gasteiger partial charge in [-0.15, -0.1) is 11.3 Å². The third kappa shape index (κ3) is 4.30. The smallest absolute Gasteiger partial charge is 0.238 e. The number of furan rings is 1. The van der Waals surface area contributed by atoms with E-state index in [0.29, 0.717) is 17.6 Å². The van der Waals surface area contributed by atoms with Crippen LogP contribution in [0.5, 0.6) is 0 Å². The second kappa shape index (κ2) is 10.9. The Morgan fingerprint density at radius 1 is 0.451 bits per heavy atom. The highest BCUT2D eigenvalue weighted by atomic mass is 32.1. The Morgan fingerprint density at radius 3 is 1.94 bits per heavy atom. The van der Waals surface area contributed by atoms with Crippen molar-refractivity contribution < 1.29 is 4.42 Å². The van der Waals surface area contributed by atoms with Crippen LogP contribution in [0, 0.1) is 0 Å². The third-order valence-electron chi connectivity index (χ3n) is 9.89. The van der Waals surface area contributed by atoms with E-state index >= 15 is 0 Å². The average Bonchev–Trinajstić information content (AvgIpc) is 3.87. The van der Waals surface area contributed by atoms with Crippen LogP contribution in [0.15, 0.2) is 162 Å². The van der Waals surface area contributed by atoms with Gasteiger partial charge >= 0.3 is 0 Å². The second-order valence-corrected chi connectivity index (χ2v) is 13.8. The molecule has 0 saturated heterocycles. The van der Waals surface area contributed by atoms with Crippen molar-refractivity contribution in [1.82, 2.24) is 19.5 Å². The third-order valence-corrected chi connectivity index (χ3v) is 11.1. The summed E-state index contributed by atoms with van der Waals surface area (Å²) in [6, 6.07) is 54.9. The Hall–Kier alpha value is -6.63. The number of para-hydroxylation sites is 2. The molecule has 6 heteroatoms. The van der Waals surface area contributed by atoms with Gasteiger partial charge in [-0.2, -0.15) is 9.97 Å². The molecule has 0 aliphatic carbocycles. The molecule has 238 valence electrons. The molecule has 0 spiro atoms. The molecule has 7 aromatic carbocycles. The van der Waals surface area contributed by atoms with Crippen molar-refractivity contribution in [2.45, 2.75) is 0 Å². The van der Waals surface area contributed by atoms with Gasteiger partial charge in [0.05, 0.1) is 11.0 Å². The largest absolute Gasteiger partial charge is 0.456 e. The molecular formula is C45H26N4OS. The van der Waals surface area contributed by atoms with Gasteiger partial charge in [0.25, 0.3) is 0 Å². The molecule has 4 heterocycles. The molecule has 0 bridgehead atoms. The second-order valence-electron chi connectivity index (χ2n) is 12.8. The molecule has 11 aromatic rings. The first-order chi connectivity index (χ1) is 25.3. The number of hydrogen-bond donors (Lipinski definition) is 0. The number of benzene rings is 7. The zero-order chi connectivity index (χ0) is 33.5. The van der Waals surface area contributed by atoms with Crippen LogP contribution in [0.2, 0.25) is 0 Å². The lowest BCUT2D eigenvalue weighted by molar-refractivity contribution is 0.669. The van der Waals surface area contributed by atoms with Crippen molar-refractivity contribution in [1.29, 1.82) is 0 Å². The number of thiophene rings is 1. The Kier molecular flexibility index (Phi) is 6.05. The minimum absolute atomic E-state index is 0.569. The van der Waals surface area contributed by atoms with E-state index in [1.54, 1.807) is 0 Å². The van der Waals surface area contributed by atoms with Gasteiger partial charge in [-0.05, 0) is 47.5 Å². The van der Waals surface area contributed by atoms with Gasteiger partial charge < -0.3 is 4.42 Å². The molecule has 0 amide bonds. The molecule has 0 aliphatic rings. The Labute approximate surface area is 295 Å². The van der Waals surface area contributed by atoms with Crippen LogP contribution in [0.1, 0.15) is 0 Å². The monoisotopic (exact) mass is 670 g/mol. The van der Waals surface area contributed by atoms with Gasteiger partial charge in [0, 0.05) is 52.8 Å². The zero-order valence-corrected chi connectivity index (χ0v) is 27.9. The topological polar surface area (TPSA) is 56.7 Å². The number of aromatic nitrogens is 4. The minimum Gasteiger partial charge on any atom is -0.456 e. The highest BCUT2D eigenvalue weighted by molar-refractivity contribution is 7.26. The van der Waals surface area contributed by atoms with Crippen molar-refractivity contribution >= 4 is 75.3 Å². The van der Waals surface area contributed by atoms with E-state index in [1.165, 1.54) is 25.7 Å². The van der Waals surface area contributed by atoms with Crippen LogP contribution >= 0.6 is 11.3 Å². The number of nitrogens with zero attached hydrogens (tertiary/aromatic N) is 4. The molecule has 51 heavy (non-hydrogen) atoms. The fourth-order valence-electron chi connectivity index (χ4n) is 7.59. The van der Waals surface area contributed by atoms with Crippen molar-refractivity contribution in [3.05, 3.63) is 158 Å². The van der Waals surface area contributed by atoms with Crippen molar-refractivity contribution in [3.63, 3.8) is 0 Å². The van der Waals surface area contributed by atoms with E-state index in [4.69, 9.17) is 19.4 Å². The fraction of sp³-hybridized carbons (Fsp3) is 0. The molecule has 11 rings (SSSR count). The van der Waals surface area contributed by atoms with Crippen molar-refractivity contribution in [2.24, 2.45) is 0 Å². The standard InChI is InChI=1S/C45H26N4OS/c1-2-12-27(13-3-1)43-46-44(48-45(47-43)49-36-20-7-4-14-30(36)31-15-5-8-21-37(31)49)35-19-11-22-38-41(35)34-25-24-28(26-39(34)50-38)29-17-10-18-33-32-16-6-9-23-40(32)51-42(29)33/h1-26H. The molecule has 0 unspecified atom stereocenters. The van der Waals surface area contributed by atoms with E-state index < -0.39 is 0 Å². The lowest BCUT2D eigenvalue weighted by atomic mass is 10.00. The van der Waals surface area contributed by atoms with Crippen LogP contribution < -0.4 is 0 Å². The number of hydrogen-bond acceptors (Lipinski definition) is 5. The molecule has 5 nitrogen and oxygen atoms in total. The van der Waals surface area contributed by atoms with Crippen LogP contribution in [0.4, 0.5) is 0 Å². The van der Waals surface area contributed by atoms with Crippen molar-refractivity contribution in [3.8, 4) is 39.9 Å². The van der Waals surface area contributed by atoms with E-state index in [2.05, 4.69) is 120 Å². The van der Waals surface area contributed by atoms with Gasteiger partial charge in [-0.25, -0.2) is 4.98 Å². The first-order valence-electron chi connectivity index (χ1n) is 16.9. The molecular weight excluding hydrogens is 645 g/mol. The van der Waals surface area contributed by atoms with Gasteiger partial charge in [-0.3, -0.25) is 4.57 Å². The van der Waals surface area contributed by atoms with Gasteiger partial charge in [0.2, 0.25) is 5.95 Å². The molecule has 0 radical (unpaired) electrons. The van der Waals surface area contributed by atoms with Crippen LogP contribution in [-0.4, -0.2) is 19.5 Å². The SMILES string of the molecule is c1ccc(-c2nc(-c3cccc4oc5cc(-c6cccc7c6sc6ccccc67)ccc5c34)nc(-n3c4ccccc4c4ccccc43)n2)cc1. The van der Waals surface area contributed by atoms with E-state index in [-0.39, 0.29) is 0 Å². The van der Waals surface area contributed by atoms with Gasteiger partial charge in [0.15, 0.2) is 11.6 Å². The first kappa shape index (κ1) is 28.2. The lowest BCUT2D eigenvalue weighted by Crippen LogP contribution is -2.06. The summed E-state index contributed by atoms with van der Waals surface area (Å²) < 4.78 is 11.3. The quantitative estimate of drug-likeness (QED) is 0.187. The normalized spacial score (nSPS) is 11.9. The summed E-state index contributed by atoms with van der Waals surface area (Å²) in [5.74, 6) is 1.77. The number of rotatable bonds is 4. The highest BCUT2D eigenvalue weighted by Crippen LogP contribution is 2.42. The van der Waals surface area contributed by atoms with Gasteiger partial charge in [-0.1, -0.05) is 121 Å². The van der Waals surface area contributed by atoms with Crippen molar-refractivity contribution in [2.75, 3.05) is 0 Å².